The van der Waals surface area contributed by atoms with E-state index in [9.17, 15) is 0 Å². The maximum Gasteiger partial charge on any atom is 0.0316 e. The van der Waals surface area contributed by atoms with Crippen LogP contribution in [0.1, 0.15) is 30.9 Å². The fourth-order valence-corrected chi connectivity index (χ4v) is 1.35. The molecular formula is C10H16ClN. The molecule has 68 valence electrons. The Morgan fingerprint density at radius 2 is 1.83 bits per heavy atom. The van der Waals surface area contributed by atoms with Crippen molar-refractivity contribution in [2.45, 2.75) is 26.7 Å². The molecule has 12 heavy (non-hydrogen) atoms. The fraction of sp³-hybridized carbons (Fsp3) is 0.400. The van der Waals surface area contributed by atoms with Gasteiger partial charge in [-0.05, 0) is 36.1 Å². The molecule has 0 saturated heterocycles. The number of halogens is 1. The Kier molecular flexibility index (Phi) is 4.11. The Morgan fingerprint density at radius 1 is 1.25 bits per heavy atom. The second kappa shape index (κ2) is 4.36. The van der Waals surface area contributed by atoms with E-state index in [1.165, 1.54) is 11.1 Å². The van der Waals surface area contributed by atoms with Crippen LogP contribution in [0.5, 0.6) is 0 Å². The van der Waals surface area contributed by atoms with Crippen LogP contribution in [0.2, 0.25) is 0 Å². The first kappa shape index (κ1) is 11.3. The molecule has 2 heteroatoms. The third-order valence-electron chi connectivity index (χ3n) is 1.92. The van der Waals surface area contributed by atoms with E-state index < -0.39 is 0 Å². The van der Waals surface area contributed by atoms with Crippen LogP contribution in [-0.4, -0.2) is 0 Å². The quantitative estimate of drug-likeness (QED) is 0.669. The normalized spacial score (nSPS) is 9.67. The lowest BCUT2D eigenvalue weighted by atomic mass is 9.98. The predicted molar refractivity (Wildman–Crippen MR) is 56.9 cm³/mol. The summed E-state index contributed by atoms with van der Waals surface area (Å²) in [6, 6.07) is 6.09. The summed E-state index contributed by atoms with van der Waals surface area (Å²) in [5.74, 6) is 0.593. The SMILES string of the molecule is Cc1cc(N)ccc1C(C)C.Cl. The van der Waals surface area contributed by atoms with E-state index >= 15 is 0 Å². The topological polar surface area (TPSA) is 26.0 Å². The van der Waals surface area contributed by atoms with Gasteiger partial charge in [-0.3, -0.25) is 0 Å². The van der Waals surface area contributed by atoms with Crippen LogP contribution >= 0.6 is 12.4 Å². The summed E-state index contributed by atoms with van der Waals surface area (Å²) in [4.78, 5) is 0. The molecular weight excluding hydrogens is 170 g/mol. The van der Waals surface area contributed by atoms with Gasteiger partial charge >= 0.3 is 0 Å². The van der Waals surface area contributed by atoms with Gasteiger partial charge in [0.15, 0.2) is 0 Å². The fourth-order valence-electron chi connectivity index (χ4n) is 1.35. The largest absolute Gasteiger partial charge is 0.399 e. The van der Waals surface area contributed by atoms with Gasteiger partial charge in [-0.1, -0.05) is 19.9 Å². The average molecular weight is 186 g/mol. The van der Waals surface area contributed by atoms with Crippen molar-refractivity contribution in [1.29, 1.82) is 0 Å². The van der Waals surface area contributed by atoms with Gasteiger partial charge in [0, 0.05) is 5.69 Å². The highest BCUT2D eigenvalue weighted by Crippen LogP contribution is 2.20. The minimum Gasteiger partial charge on any atom is -0.399 e. The molecule has 1 aromatic carbocycles. The first-order valence-electron chi connectivity index (χ1n) is 3.97. The zero-order valence-corrected chi connectivity index (χ0v) is 8.61. The second-order valence-corrected chi connectivity index (χ2v) is 3.27. The zero-order chi connectivity index (χ0) is 8.43. The molecule has 0 radical (unpaired) electrons. The molecule has 1 aromatic rings. The molecule has 0 saturated carbocycles. The lowest BCUT2D eigenvalue weighted by Gasteiger charge is -2.09. The van der Waals surface area contributed by atoms with Crippen molar-refractivity contribution in [3.8, 4) is 0 Å². The maximum atomic E-state index is 5.63. The van der Waals surface area contributed by atoms with Crippen LogP contribution in [0.4, 0.5) is 5.69 Å². The summed E-state index contributed by atoms with van der Waals surface area (Å²) in [6.07, 6.45) is 0. The Balaban J connectivity index is 0.00000121. The highest BCUT2D eigenvalue weighted by molar-refractivity contribution is 5.85. The van der Waals surface area contributed by atoms with Crippen molar-refractivity contribution >= 4 is 18.1 Å². The van der Waals surface area contributed by atoms with Crippen molar-refractivity contribution in [3.63, 3.8) is 0 Å². The van der Waals surface area contributed by atoms with Gasteiger partial charge in [0.25, 0.3) is 0 Å². The highest BCUT2D eigenvalue weighted by Gasteiger charge is 2.01. The van der Waals surface area contributed by atoms with Gasteiger partial charge in [0.05, 0.1) is 0 Å². The summed E-state index contributed by atoms with van der Waals surface area (Å²) >= 11 is 0. The number of benzene rings is 1. The summed E-state index contributed by atoms with van der Waals surface area (Å²) in [7, 11) is 0. The average Bonchev–Trinajstić information content (AvgIpc) is 1.85. The zero-order valence-electron chi connectivity index (χ0n) is 7.79. The van der Waals surface area contributed by atoms with Gasteiger partial charge in [0.2, 0.25) is 0 Å². The molecule has 0 bridgehead atoms. The predicted octanol–water partition coefficient (Wildman–Crippen LogP) is 3.12. The van der Waals surface area contributed by atoms with E-state index in [0.717, 1.165) is 5.69 Å². The van der Waals surface area contributed by atoms with Crippen LogP contribution in [0.25, 0.3) is 0 Å². The Bertz CT molecular complexity index is 256. The summed E-state index contributed by atoms with van der Waals surface area (Å²) < 4.78 is 0. The molecule has 1 nitrogen and oxygen atoms in total. The van der Waals surface area contributed by atoms with Crippen molar-refractivity contribution in [2.24, 2.45) is 0 Å². The van der Waals surface area contributed by atoms with Gasteiger partial charge in [0.1, 0.15) is 0 Å². The summed E-state index contributed by atoms with van der Waals surface area (Å²) in [5, 5.41) is 0. The van der Waals surface area contributed by atoms with Gasteiger partial charge in [-0.25, -0.2) is 0 Å². The van der Waals surface area contributed by atoms with E-state index in [0.29, 0.717) is 5.92 Å². The number of aryl methyl sites for hydroxylation is 1. The number of hydrogen-bond acceptors (Lipinski definition) is 1. The summed E-state index contributed by atoms with van der Waals surface area (Å²) in [6.45, 7) is 6.49. The molecule has 0 aliphatic heterocycles. The lowest BCUT2D eigenvalue weighted by Crippen LogP contribution is -1.93. The number of rotatable bonds is 1. The van der Waals surface area contributed by atoms with Crippen molar-refractivity contribution in [2.75, 3.05) is 5.73 Å². The van der Waals surface area contributed by atoms with Crippen molar-refractivity contribution in [1.82, 2.24) is 0 Å². The molecule has 0 heterocycles. The maximum absolute atomic E-state index is 5.63. The van der Waals surface area contributed by atoms with Crippen LogP contribution in [0, 0.1) is 6.92 Å². The van der Waals surface area contributed by atoms with E-state index in [1.54, 1.807) is 0 Å². The molecule has 0 aliphatic carbocycles. The van der Waals surface area contributed by atoms with E-state index in [-0.39, 0.29) is 12.4 Å². The minimum absolute atomic E-state index is 0. The third kappa shape index (κ3) is 2.42. The number of nitrogen functional groups attached to an aromatic ring is 1. The Hall–Kier alpha value is -0.690. The summed E-state index contributed by atoms with van der Waals surface area (Å²) in [5.41, 5.74) is 9.16. The Labute approximate surface area is 80.4 Å². The van der Waals surface area contributed by atoms with E-state index in [2.05, 4.69) is 26.8 Å². The molecule has 0 unspecified atom stereocenters. The van der Waals surface area contributed by atoms with Gasteiger partial charge < -0.3 is 5.73 Å². The molecule has 0 amide bonds. The molecule has 1 rings (SSSR count). The molecule has 2 N–H and O–H groups in total. The molecule has 0 fully saturated rings. The van der Waals surface area contributed by atoms with E-state index in [4.69, 9.17) is 5.73 Å². The molecule has 0 aliphatic rings. The monoisotopic (exact) mass is 185 g/mol. The molecule has 0 atom stereocenters. The second-order valence-electron chi connectivity index (χ2n) is 3.27. The molecule has 0 aromatic heterocycles. The minimum atomic E-state index is 0. The highest BCUT2D eigenvalue weighted by atomic mass is 35.5. The lowest BCUT2D eigenvalue weighted by molar-refractivity contribution is 0.857. The van der Waals surface area contributed by atoms with Crippen LogP contribution in [-0.2, 0) is 0 Å². The van der Waals surface area contributed by atoms with Crippen LogP contribution in [0.3, 0.4) is 0 Å². The first-order chi connectivity index (χ1) is 5.11. The number of anilines is 1. The first-order valence-corrected chi connectivity index (χ1v) is 3.97. The standard InChI is InChI=1S/C10H15N.ClH/c1-7(2)10-5-4-9(11)6-8(10)3;/h4-7H,11H2,1-3H3;1H. The van der Waals surface area contributed by atoms with Crippen LogP contribution in [0.15, 0.2) is 18.2 Å². The van der Waals surface area contributed by atoms with Crippen molar-refractivity contribution in [3.05, 3.63) is 29.3 Å². The number of nitrogens with two attached hydrogens (primary N) is 1. The number of hydrogen-bond donors (Lipinski definition) is 1. The van der Waals surface area contributed by atoms with Crippen molar-refractivity contribution < 1.29 is 0 Å². The van der Waals surface area contributed by atoms with Crippen LogP contribution < -0.4 is 5.73 Å². The van der Waals surface area contributed by atoms with Gasteiger partial charge in [-0.2, -0.15) is 0 Å². The Morgan fingerprint density at radius 3 is 2.25 bits per heavy atom. The van der Waals surface area contributed by atoms with Gasteiger partial charge in [-0.15, -0.1) is 12.4 Å². The molecule has 0 spiro atoms. The van der Waals surface area contributed by atoms with E-state index in [1.807, 2.05) is 12.1 Å². The smallest absolute Gasteiger partial charge is 0.0316 e. The third-order valence-corrected chi connectivity index (χ3v) is 1.92.